The molecule has 0 amide bonds. The summed E-state index contributed by atoms with van der Waals surface area (Å²) in [7, 11) is 1.94. The molecule has 138 valence electrons. The van der Waals surface area contributed by atoms with E-state index in [-0.39, 0.29) is 6.04 Å². The van der Waals surface area contributed by atoms with E-state index in [0.717, 1.165) is 40.7 Å². The first-order valence-electron chi connectivity index (χ1n) is 9.07. The number of fused-ring (bicyclic) bond motifs is 1. The maximum atomic E-state index is 5.60. The van der Waals surface area contributed by atoms with Gasteiger partial charge in [0.1, 0.15) is 5.69 Å². The Bertz CT molecular complexity index is 1080. The lowest BCUT2D eigenvalue weighted by Gasteiger charge is -2.34. The molecule has 5 rings (SSSR count). The van der Waals surface area contributed by atoms with Gasteiger partial charge >= 0.3 is 0 Å². The molecule has 1 saturated heterocycles. The van der Waals surface area contributed by atoms with E-state index in [1.807, 2.05) is 46.8 Å². The minimum atomic E-state index is 0.264. The van der Waals surface area contributed by atoms with Gasteiger partial charge in [0.2, 0.25) is 0 Å². The van der Waals surface area contributed by atoms with Crippen LogP contribution in [0.5, 0.6) is 0 Å². The molecule has 4 aromatic heterocycles. The Labute approximate surface area is 156 Å². The van der Waals surface area contributed by atoms with E-state index in [1.54, 1.807) is 6.20 Å². The van der Waals surface area contributed by atoms with Gasteiger partial charge in [0.05, 0.1) is 36.8 Å². The average molecular weight is 363 g/mol. The van der Waals surface area contributed by atoms with Crippen molar-refractivity contribution in [3.05, 3.63) is 42.9 Å². The number of aromatic amines is 1. The first kappa shape index (κ1) is 16.1. The fourth-order valence-electron chi connectivity index (χ4n) is 3.66. The number of aryl methyl sites for hydroxylation is 1. The number of aromatic nitrogens is 6. The number of nitrogens with one attached hydrogen (secondary N) is 1. The van der Waals surface area contributed by atoms with Crippen LogP contribution in [0, 0.1) is 0 Å². The van der Waals surface area contributed by atoms with Gasteiger partial charge in [-0.05, 0) is 31.2 Å². The van der Waals surface area contributed by atoms with Crippen LogP contribution in [0.3, 0.4) is 0 Å². The second kappa shape index (κ2) is 6.24. The smallest absolute Gasteiger partial charge is 0.163 e. The maximum Gasteiger partial charge on any atom is 0.163 e. The van der Waals surface area contributed by atoms with Crippen LogP contribution >= 0.6 is 0 Å². The Balaban J connectivity index is 1.76. The van der Waals surface area contributed by atoms with Gasteiger partial charge in [-0.3, -0.25) is 4.68 Å². The minimum absolute atomic E-state index is 0.264. The lowest BCUT2D eigenvalue weighted by molar-refractivity contribution is 0.0984. The SMILES string of the molecule is C[C@@H]1COCCN1c1cc(-c2ccnn2C)c2ncc(-c3ccc[nH]3)n2n1. The van der Waals surface area contributed by atoms with Gasteiger partial charge in [0.15, 0.2) is 11.5 Å². The van der Waals surface area contributed by atoms with Crippen molar-refractivity contribution in [2.24, 2.45) is 7.05 Å². The summed E-state index contributed by atoms with van der Waals surface area (Å²) < 4.78 is 9.39. The summed E-state index contributed by atoms with van der Waals surface area (Å²) in [6.07, 6.45) is 5.57. The molecule has 0 bridgehead atoms. The number of morpholine rings is 1. The molecule has 5 heterocycles. The van der Waals surface area contributed by atoms with E-state index in [4.69, 9.17) is 9.84 Å². The van der Waals surface area contributed by atoms with E-state index >= 15 is 0 Å². The Morgan fingerprint density at radius 1 is 1.26 bits per heavy atom. The van der Waals surface area contributed by atoms with Crippen LogP contribution in [-0.4, -0.2) is 55.2 Å². The summed E-state index contributed by atoms with van der Waals surface area (Å²) >= 11 is 0. The zero-order valence-electron chi connectivity index (χ0n) is 15.3. The summed E-state index contributed by atoms with van der Waals surface area (Å²) in [5.41, 5.74) is 4.75. The number of ether oxygens (including phenoxy) is 1. The van der Waals surface area contributed by atoms with Crippen LogP contribution in [0.25, 0.3) is 28.3 Å². The zero-order chi connectivity index (χ0) is 18.4. The Kier molecular flexibility index (Phi) is 3.71. The third kappa shape index (κ3) is 2.60. The highest BCUT2D eigenvalue weighted by atomic mass is 16.5. The second-order valence-corrected chi connectivity index (χ2v) is 6.84. The molecule has 8 heteroatoms. The predicted octanol–water partition coefficient (Wildman–Crippen LogP) is 2.35. The van der Waals surface area contributed by atoms with Crippen molar-refractivity contribution in [1.82, 2.24) is 29.4 Å². The van der Waals surface area contributed by atoms with Crippen LogP contribution in [0.15, 0.2) is 42.9 Å². The van der Waals surface area contributed by atoms with Gasteiger partial charge in [-0.25, -0.2) is 9.50 Å². The van der Waals surface area contributed by atoms with Crippen molar-refractivity contribution in [1.29, 1.82) is 0 Å². The summed E-state index contributed by atoms with van der Waals surface area (Å²) in [6, 6.07) is 8.38. The van der Waals surface area contributed by atoms with E-state index in [1.165, 1.54) is 0 Å². The Morgan fingerprint density at radius 3 is 2.93 bits per heavy atom. The first-order chi connectivity index (χ1) is 13.2. The fourth-order valence-corrected chi connectivity index (χ4v) is 3.66. The lowest BCUT2D eigenvalue weighted by atomic mass is 10.2. The number of nitrogens with zero attached hydrogens (tertiary/aromatic N) is 6. The minimum Gasteiger partial charge on any atom is -0.377 e. The molecular formula is C19H21N7O. The molecule has 0 aromatic carbocycles. The van der Waals surface area contributed by atoms with Gasteiger partial charge in [0.25, 0.3) is 0 Å². The molecule has 0 unspecified atom stereocenters. The van der Waals surface area contributed by atoms with Crippen molar-refractivity contribution >= 4 is 11.5 Å². The highest BCUT2D eigenvalue weighted by Gasteiger charge is 2.24. The van der Waals surface area contributed by atoms with E-state index in [9.17, 15) is 0 Å². The summed E-state index contributed by atoms with van der Waals surface area (Å²) in [4.78, 5) is 10.2. The molecule has 1 aliphatic heterocycles. The number of rotatable bonds is 3. The lowest BCUT2D eigenvalue weighted by Crippen LogP contribution is -2.44. The number of hydrogen-bond donors (Lipinski definition) is 1. The number of H-pyrrole nitrogens is 1. The Morgan fingerprint density at radius 2 is 2.19 bits per heavy atom. The molecule has 0 aliphatic carbocycles. The third-order valence-electron chi connectivity index (χ3n) is 5.09. The maximum absolute atomic E-state index is 5.60. The van der Waals surface area contributed by atoms with Gasteiger partial charge < -0.3 is 14.6 Å². The molecule has 4 aromatic rings. The van der Waals surface area contributed by atoms with Crippen molar-refractivity contribution < 1.29 is 4.74 Å². The molecule has 1 atom stereocenters. The highest BCUT2D eigenvalue weighted by molar-refractivity contribution is 5.79. The van der Waals surface area contributed by atoms with E-state index in [0.29, 0.717) is 13.2 Å². The summed E-state index contributed by atoms with van der Waals surface area (Å²) in [5, 5.41) is 9.27. The van der Waals surface area contributed by atoms with Crippen molar-refractivity contribution in [3.63, 3.8) is 0 Å². The van der Waals surface area contributed by atoms with E-state index in [2.05, 4.69) is 33.0 Å². The molecule has 8 nitrogen and oxygen atoms in total. The van der Waals surface area contributed by atoms with Crippen LogP contribution < -0.4 is 4.90 Å². The normalized spacial score (nSPS) is 17.7. The summed E-state index contributed by atoms with van der Waals surface area (Å²) in [6.45, 7) is 4.39. The molecule has 27 heavy (non-hydrogen) atoms. The van der Waals surface area contributed by atoms with Crippen LogP contribution in [-0.2, 0) is 11.8 Å². The third-order valence-corrected chi connectivity index (χ3v) is 5.09. The number of imidazole rings is 1. The topological polar surface area (TPSA) is 76.3 Å². The quantitative estimate of drug-likeness (QED) is 0.605. The molecular weight excluding hydrogens is 342 g/mol. The largest absolute Gasteiger partial charge is 0.377 e. The Hall–Kier alpha value is -3.13. The van der Waals surface area contributed by atoms with Crippen molar-refractivity contribution in [2.75, 3.05) is 24.7 Å². The van der Waals surface area contributed by atoms with Gasteiger partial charge in [-0.2, -0.15) is 5.10 Å². The monoisotopic (exact) mass is 363 g/mol. The van der Waals surface area contributed by atoms with Crippen LogP contribution in [0.4, 0.5) is 5.82 Å². The summed E-state index contributed by atoms with van der Waals surface area (Å²) in [5.74, 6) is 0.917. The molecule has 0 radical (unpaired) electrons. The molecule has 1 fully saturated rings. The molecule has 1 aliphatic rings. The van der Waals surface area contributed by atoms with Gasteiger partial charge in [0, 0.05) is 31.5 Å². The number of hydrogen-bond acceptors (Lipinski definition) is 5. The average Bonchev–Trinajstić information content (AvgIpc) is 3.41. The zero-order valence-corrected chi connectivity index (χ0v) is 15.3. The second-order valence-electron chi connectivity index (χ2n) is 6.84. The molecule has 0 saturated carbocycles. The molecule has 1 N–H and O–H groups in total. The molecule has 0 spiro atoms. The number of anilines is 1. The van der Waals surface area contributed by atoms with E-state index < -0.39 is 0 Å². The van der Waals surface area contributed by atoms with Crippen molar-refractivity contribution in [2.45, 2.75) is 13.0 Å². The van der Waals surface area contributed by atoms with Crippen LogP contribution in [0.1, 0.15) is 6.92 Å². The highest BCUT2D eigenvalue weighted by Crippen LogP contribution is 2.30. The van der Waals surface area contributed by atoms with Crippen molar-refractivity contribution in [3.8, 4) is 22.6 Å². The standard InChI is InChI=1S/C19H21N7O/c1-13-12-27-9-8-25(13)18-10-14(16-5-7-22-24(16)2)19-21-11-17(26(19)23-18)15-4-3-6-20-15/h3-7,10-11,13,20H,8-9,12H2,1-2H3/t13-/m1/s1. The van der Waals surface area contributed by atoms with Gasteiger partial charge in [-0.15, -0.1) is 5.10 Å². The van der Waals surface area contributed by atoms with Crippen LogP contribution in [0.2, 0.25) is 0 Å². The fraction of sp³-hybridized carbons (Fsp3) is 0.316. The predicted molar refractivity (Wildman–Crippen MR) is 103 cm³/mol. The first-order valence-corrected chi connectivity index (χ1v) is 9.07. The van der Waals surface area contributed by atoms with Gasteiger partial charge in [-0.1, -0.05) is 0 Å².